The molecule has 0 aliphatic rings. The van der Waals surface area contributed by atoms with E-state index in [9.17, 15) is 0 Å². The monoisotopic (exact) mass is 521 g/mol. The van der Waals surface area contributed by atoms with Crippen molar-refractivity contribution in [2.45, 2.75) is 54.1 Å². The van der Waals surface area contributed by atoms with Gasteiger partial charge in [0.15, 0.2) is 0 Å². The molecule has 0 atom stereocenters. The molecule has 4 rings (SSSR count). The van der Waals surface area contributed by atoms with Crippen molar-refractivity contribution in [2.24, 2.45) is 0 Å². The summed E-state index contributed by atoms with van der Waals surface area (Å²) >= 11 is 13.1. The molecular weight excluding hydrogens is 489 g/mol. The summed E-state index contributed by atoms with van der Waals surface area (Å²) in [5.41, 5.74) is 6.79. The Morgan fingerprint density at radius 3 is 2.33 bits per heavy atom. The lowest BCUT2D eigenvalue weighted by molar-refractivity contribution is 0.298. The van der Waals surface area contributed by atoms with Crippen LogP contribution in [-0.4, -0.2) is 5.16 Å². The third kappa shape index (κ3) is 6.60. The molecule has 0 fully saturated rings. The van der Waals surface area contributed by atoms with Crippen LogP contribution in [0.1, 0.15) is 67.2 Å². The van der Waals surface area contributed by atoms with Gasteiger partial charge < -0.3 is 9.26 Å². The summed E-state index contributed by atoms with van der Waals surface area (Å²) in [5, 5.41) is 5.62. The Kier molecular flexibility index (Phi) is 9.81. The quantitative estimate of drug-likeness (QED) is 0.227. The number of hydrogen-bond acceptors (Lipinski definition) is 3. The van der Waals surface area contributed by atoms with Crippen molar-refractivity contribution in [1.82, 2.24) is 5.16 Å². The van der Waals surface area contributed by atoms with Crippen LogP contribution < -0.4 is 4.74 Å². The molecule has 1 aromatic heterocycles. The average molecular weight is 523 g/mol. The van der Waals surface area contributed by atoms with Crippen LogP contribution in [0.15, 0.2) is 65.2 Å². The summed E-state index contributed by atoms with van der Waals surface area (Å²) in [5.74, 6) is 1.62. The Balaban J connectivity index is 0.00000176. The Labute approximate surface area is 224 Å². The molecule has 0 radical (unpaired) electrons. The van der Waals surface area contributed by atoms with Gasteiger partial charge in [0.25, 0.3) is 0 Å². The van der Waals surface area contributed by atoms with Gasteiger partial charge in [-0.3, -0.25) is 0 Å². The van der Waals surface area contributed by atoms with Crippen LogP contribution in [0.5, 0.6) is 5.75 Å². The highest BCUT2D eigenvalue weighted by Gasteiger charge is 2.23. The van der Waals surface area contributed by atoms with Crippen molar-refractivity contribution >= 4 is 35.4 Å². The second-order valence-corrected chi connectivity index (χ2v) is 9.49. The summed E-state index contributed by atoms with van der Waals surface area (Å²) < 4.78 is 11.9. The van der Waals surface area contributed by atoms with E-state index in [1.54, 1.807) is 0 Å². The molecule has 0 amide bonds. The fourth-order valence-corrected chi connectivity index (χ4v) is 4.44. The molecule has 0 aliphatic heterocycles. The minimum absolute atomic E-state index is 0.153. The topological polar surface area (TPSA) is 35.3 Å². The van der Waals surface area contributed by atoms with E-state index in [1.807, 2.05) is 69.3 Å². The molecule has 0 bridgehead atoms. The second-order valence-electron chi connectivity index (χ2n) is 8.68. The van der Waals surface area contributed by atoms with Gasteiger partial charge in [0.2, 0.25) is 0 Å². The molecule has 36 heavy (non-hydrogen) atoms. The Hall–Kier alpha value is -3.01. The van der Waals surface area contributed by atoms with E-state index >= 15 is 0 Å². The highest BCUT2D eigenvalue weighted by molar-refractivity contribution is 6.33. The van der Waals surface area contributed by atoms with Crippen LogP contribution in [0, 0.1) is 13.8 Å². The third-order valence-corrected chi connectivity index (χ3v) is 6.30. The molecule has 1 heterocycles. The molecule has 3 aromatic carbocycles. The number of hydrogen-bond donors (Lipinski definition) is 0. The van der Waals surface area contributed by atoms with E-state index in [0.29, 0.717) is 22.4 Å². The van der Waals surface area contributed by atoms with Gasteiger partial charge in [-0.1, -0.05) is 110 Å². The number of aromatic nitrogens is 1. The van der Waals surface area contributed by atoms with Crippen molar-refractivity contribution in [1.29, 1.82) is 0 Å². The van der Waals surface area contributed by atoms with Gasteiger partial charge >= 0.3 is 0 Å². The van der Waals surface area contributed by atoms with E-state index < -0.39 is 0 Å². The minimum Gasteiger partial charge on any atom is -0.489 e. The first-order chi connectivity index (χ1) is 17.3. The average Bonchev–Trinajstić information content (AvgIpc) is 3.27. The third-order valence-electron chi connectivity index (χ3n) is 5.65. The maximum atomic E-state index is 6.56. The fraction of sp³-hybridized carbons (Fsp3) is 0.258. The first kappa shape index (κ1) is 27.6. The van der Waals surface area contributed by atoms with E-state index in [4.69, 9.17) is 32.5 Å². The lowest BCUT2D eigenvalue weighted by atomic mass is 9.98. The van der Waals surface area contributed by atoms with Crippen LogP contribution in [0.3, 0.4) is 0 Å². The molecular formula is C31H33Cl2NO2. The molecule has 188 valence electrons. The molecule has 3 nitrogen and oxygen atoms in total. The largest absolute Gasteiger partial charge is 0.489 e. The summed E-state index contributed by atoms with van der Waals surface area (Å²) in [6.45, 7) is 12.5. The molecule has 0 unspecified atom stereocenters. The van der Waals surface area contributed by atoms with Crippen molar-refractivity contribution < 1.29 is 9.26 Å². The van der Waals surface area contributed by atoms with Gasteiger partial charge in [-0.05, 0) is 54.8 Å². The molecule has 5 heteroatoms. The maximum absolute atomic E-state index is 6.56. The van der Waals surface area contributed by atoms with Gasteiger partial charge in [0.05, 0.1) is 15.6 Å². The fourth-order valence-electron chi connectivity index (χ4n) is 3.89. The lowest BCUT2D eigenvalue weighted by Crippen LogP contribution is -2.01. The number of halogens is 2. The smallest absolute Gasteiger partial charge is 0.146 e. The van der Waals surface area contributed by atoms with E-state index in [2.05, 4.69) is 50.2 Å². The van der Waals surface area contributed by atoms with Crippen LogP contribution in [0.25, 0.3) is 23.4 Å². The SMILES string of the molecule is CC.Cc1cccc(/C=C/c2ccc(OCc3c(-c4c(C)cccc4Cl)noc3C(C)C)cc2Cl)c1. The van der Waals surface area contributed by atoms with Crippen LogP contribution in [-0.2, 0) is 6.61 Å². The normalized spacial score (nSPS) is 11.0. The summed E-state index contributed by atoms with van der Waals surface area (Å²) in [4.78, 5) is 0. The maximum Gasteiger partial charge on any atom is 0.146 e. The van der Waals surface area contributed by atoms with Crippen LogP contribution in [0.2, 0.25) is 10.0 Å². The highest BCUT2D eigenvalue weighted by atomic mass is 35.5. The minimum atomic E-state index is 0.153. The summed E-state index contributed by atoms with van der Waals surface area (Å²) in [6, 6.07) is 19.8. The number of aryl methyl sites for hydroxylation is 2. The van der Waals surface area contributed by atoms with Crippen LogP contribution >= 0.6 is 23.2 Å². The molecule has 4 aromatic rings. The zero-order valence-corrected chi connectivity index (χ0v) is 23.2. The lowest BCUT2D eigenvalue weighted by Gasteiger charge is -2.12. The molecule has 0 saturated heterocycles. The predicted octanol–water partition coefficient (Wildman–Crippen LogP) is 10.2. The number of rotatable bonds is 7. The van der Waals surface area contributed by atoms with Crippen molar-refractivity contribution in [3.8, 4) is 17.0 Å². The van der Waals surface area contributed by atoms with Gasteiger partial charge in [-0.15, -0.1) is 0 Å². The Bertz CT molecular complexity index is 1320. The van der Waals surface area contributed by atoms with E-state index in [0.717, 1.165) is 39.3 Å². The second kappa shape index (κ2) is 12.8. The van der Waals surface area contributed by atoms with Crippen molar-refractivity contribution in [3.05, 3.63) is 104 Å². The predicted molar refractivity (Wildman–Crippen MR) is 153 cm³/mol. The molecule has 0 saturated carbocycles. The van der Waals surface area contributed by atoms with Gasteiger partial charge in [-0.2, -0.15) is 0 Å². The molecule has 0 spiro atoms. The van der Waals surface area contributed by atoms with Gasteiger partial charge in [0.1, 0.15) is 23.8 Å². The zero-order chi connectivity index (χ0) is 26.2. The number of nitrogens with zero attached hydrogens (tertiary/aromatic N) is 1. The van der Waals surface area contributed by atoms with Crippen LogP contribution in [0.4, 0.5) is 0 Å². The number of ether oxygens (including phenoxy) is 1. The van der Waals surface area contributed by atoms with Crippen molar-refractivity contribution in [3.63, 3.8) is 0 Å². The molecule has 0 N–H and O–H groups in total. The first-order valence-corrected chi connectivity index (χ1v) is 13.0. The summed E-state index contributed by atoms with van der Waals surface area (Å²) in [7, 11) is 0. The van der Waals surface area contributed by atoms with E-state index in [-0.39, 0.29) is 5.92 Å². The standard InChI is InChI=1S/C29H27Cl2NO2.C2H6/c1-18(2)29-24(28(32-34-29)27-20(4)8-6-10-25(27)30)17-33-23-14-13-22(26(31)16-23)12-11-21-9-5-7-19(3)15-21;1-2/h5-16,18H,17H2,1-4H3;1-2H3/b12-11+;. The van der Waals surface area contributed by atoms with Gasteiger partial charge in [0, 0.05) is 11.5 Å². The van der Waals surface area contributed by atoms with Crippen molar-refractivity contribution in [2.75, 3.05) is 0 Å². The summed E-state index contributed by atoms with van der Waals surface area (Å²) in [6.07, 6.45) is 4.06. The van der Waals surface area contributed by atoms with Gasteiger partial charge in [-0.25, -0.2) is 0 Å². The highest BCUT2D eigenvalue weighted by Crippen LogP contribution is 2.37. The Morgan fingerprint density at radius 2 is 1.67 bits per heavy atom. The molecule has 0 aliphatic carbocycles. The van der Waals surface area contributed by atoms with E-state index in [1.165, 1.54) is 5.56 Å². The Morgan fingerprint density at radius 1 is 0.917 bits per heavy atom. The first-order valence-electron chi connectivity index (χ1n) is 12.2. The zero-order valence-electron chi connectivity index (χ0n) is 21.7. The number of benzene rings is 3.